The van der Waals surface area contributed by atoms with Gasteiger partial charge in [0.25, 0.3) is 0 Å². The molecule has 0 spiro atoms. The molecule has 2 rings (SSSR count). The largest absolute Gasteiger partial charge is 0.468 e. The number of benzene rings is 1. The first-order valence-electron chi connectivity index (χ1n) is 7.87. The van der Waals surface area contributed by atoms with Gasteiger partial charge >= 0.3 is 0 Å². The van der Waals surface area contributed by atoms with E-state index in [1.807, 2.05) is 45.0 Å². The van der Waals surface area contributed by atoms with E-state index in [0.29, 0.717) is 0 Å². The minimum absolute atomic E-state index is 0.0661. The van der Waals surface area contributed by atoms with Crippen molar-refractivity contribution in [1.29, 1.82) is 0 Å². The minimum Gasteiger partial charge on any atom is -0.468 e. The Bertz CT molecular complexity index is 675. The Hall–Kier alpha value is -2.60. The molecule has 2 amide bonds. The Morgan fingerprint density at radius 2 is 1.75 bits per heavy atom. The normalized spacial score (nSPS) is 11.8. The topological polar surface area (TPSA) is 83.4 Å². The minimum atomic E-state index is -0.250. The molecule has 0 fully saturated rings. The first-order valence-corrected chi connectivity index (χ1v) is 7.87. The van der Waals surface area contributed by atoms with E-state index in [2.05, 4.69) is 16.0 Å². The molecule has 0 unspecified atom stereocenters. The molecule has 128 valence electrons. The highest BCUT2D eigenvalue weighted by atomic mass is 16.3. The van der Waals surface area contributed by atoms with Crippen molar-refractivity contribution in [2.45, 2.75) is 26.8 Å². The van der Waals surface area contributed by atoms with Crippen molar-refractivity contribution in [3.63, 3.8) is 0 Å². The number of furan rings is 1. The number of para-hydroxylation sites is 1. The number of aryl methyl sites for hydroxylation is 2. The van der Waals surface area contributed by atoms with Gasteiger partial charge in [-0.15, -0.1) is 0 Å². The molecule has 0 bridgehead atoms. The SMILES string of the molecule is Cc1cccc(C)c1NC(=O)CNC(=O)CN[C@H](C)c1ccco1. The smallest absolute Gasteiger partial charge is 0.243 e. The Morgan fingerprint density at radius 1 is 1.04 bits per heavy atom. The molecule has 1 aromatic carbocycles. The lowest BCUT2D eigenvalue weighted by Gasteiger charge is -2.13. The van der Waals surface area contributed by atoms with Crippen LogP contribution in [0.4, 0.5) is 5.69 Å². The van der Waals surface area contributed by atoms with Crippen molar-refractivity contribution in [3.05, 3.63) is 53.5 Å². The van der Waals surface area contributed by atoms with Crippen LogP contribution in [0.1, 0.15) is 29.9 Å². The van der Waals surface area contributed by atoms with Crippen LogP contribution in [0.15, 0.2) is 41.0 Å². The van der Waals surface area contributed by atoms with E-state index in [9.17, 15) is 9.59 Å². The molecular weight excluding hydrogens is 306 g/mol. The zero-order valence-corrected chi connectivity index (χ0v) is 14.2. The third-order valence-electron chi connectivity index (χ3n) is 3.73. The summed E-state index contributed by atoms with van der Waals surface area (Å²) in [6.07, 6.45) is 1.59. The highest BCUT2D eigenvalue weighted by Gasteiger charge is 2.11. The van der Waals surface area contributed by atoms with Gasteiger partial charge in [0.2, 0.25) is 11.8 Å². The summed E-state index contributed by atoms with van der Waals surface area (Å²) in [6.45, 7) is 5.81. The Morgan fingerprint density at radius 3 is 2.38 bits per heavy atom. The van der Waals surface area contributed by atoms with Crippen molar-refractivity contribution in [2.75, 3.05) is 18.4 Å². The van der Waals surface area contributed by atoms with Gasteiger partial charge in [-0.2, -0.15) is 0 Å². The van der Waals surface area contributed by atoms with Gasteiger partial charge in [-0.25, -0.2) is 0 Å². The summed E-state index contributed by atoms with van der Waals surface area (Å²) >= 11 is 0. The first-order chi connectivity index (χ1) is 11.5. The molecule has 6 heteroatoms. The van der Waals surface area contributed by atoms with Crippen molar-refractivity contribution < 1.29 is 14.0 Å². The second-order valence-corrected chi connectivity index (χ2v) is 5.71. The van der Waals surface area contributed by atoms with Crippen LogP contribution in [0.3, 0.4) is 0 Å². The summed E-state index contributed by atoms with van der Waals surface area (Å²) in [7, 11) is 0. The van der Waals surface area contributed by atoms with Crippen molar-refractivity contribution in [1.82, 2.24) is 10.6 Å². The fraction of sp³-hybridized carbons (Fsp3) is 0.333. The quantitative estimate of drug-likeness (QED) is 0.728. The lowest BCUT2D eigenvalue weighted by molar-refractivity contribution is -0.123. The predicted molar refractivity (Wildman–Crippen MR) is 92.7 cm³/mol. The van der Waals surface area contributed by atoms with E-state index >= 15 is 0 Å². The number of nitrogens with one attached hydrogen (secondary N) is 3. The van der Waals surface area contributed by atoms with Gasteiger partial charge in [-0.1, -0.05) is 18.2 Å². The maximum atomic E-state index is 12.0. The maximum Gasteiger partial charge on any atom is 0.243 e. The number of hydrogen-bond donors (Lipinski definition) is 3. The zero-order chi connectivity index (χ0) is 17.5. The van der Waals surface area contributed by atoms with Gasteiger partial charge in [0.15, 0.2) is 0 Å². The Balaban J connectivity index is 1.74. The van der Waals surface area contributed by atoms with Crippen LogP contribution in [-0.4, -0.2) is 24.9 Å². The van der Waals surface area contributed by atoms with Gasteiger partial charge in [0, 0.05) is 5.69 Å². The predicted octanol–water partition coefficient (Wildman–Crippen LogP) is 2.30. The zero-order valence-electron chi connectivity index (χ0n) is 14.2. The molecule has 1 heterocycles. The molecule has 0 saturated heterocycles. The van der Waals surface area contributed by atoms with Crippen LogP contribution in [0.2, 0.25) is 0 Å². The van der Waals surface area contributed by atoms with E-state index < -0.39 is 0 Å². The van der Waals surface area contributed by atoms with Crippen LogP contribution >= 0.6 is 0 Å². The lowest BCUT2D eigenvalue weighted by Crippen LogP contribution is -2.39. The molecule has 24 heavy (non-hydrogen) atoms. The summed E-state index contributed by atoms with van der Waals surface area (Å²) < 4.78 is 5.26. The molecule has 6 nitrogen and oxygen atoms in total. The molecule has 3 N–H and O–H groups in total. The number of anilines is 1. The van der Waals surface area contributed by atoms with Gasteiger partial charge in [-0.05, 0) is 44.0 Å². The van der Waals surface area contributed by atoms with Crippen LogP contribution in [0.5, 0.6) is 0 Å². The fourth-order valence-electron chi connectivity index (χ4n) is 2.32. The molecule has 1 aromatic heterocycles. The summed E-state index contributed by atoms with van der Waals surface area (Å²) in [4.78, 5) is 23.8. The molecule has 2 aromatic rings. The summed E-state index contributed by atoms with van der Waals surface area (Å²) in [5.74, 6) is 0.264. The number of carbonyl (C=O) groups excluding carboxylic acids is 2. The van der Waals surface area contributed by atoms with Crippen molar-refractivity contribution in [2.24, 2.45) is 0 Å². The molecule has 1 atom stereocenters. The van der Waals surface area contributed by atoms with Crippen LogP contribution < -0.4 is 16.0 Å². The van der Waals surface area contributed by atoms with Gasteiger partial charge in [0.1, 0.15) is 5.76 Å². The number of carbonyl (C=O) groups is 2. The van der Waals surface area contributed by atoms with Crippen molar-refractivity contribution in [3.8, 4) is 0 Å². The highest BCUT2D eigenvalue weighted by Crippen LogP contribution is 2.19. The third kappa shape index (κ3) is 4.96. The molecule has 0 aliphatic carbocycles. The van der Waals surface area contributed by atoms with Gasteiger partial charge in [0.05, 0.1) is 25.4 Å². The van der Waals surface area contributed by atoms with Gasteiger partial charge in [-0.3, -0.25) is 14.9 Å². The highest BCUT2D eigenvalue weighted by molar-refractivity contribution is 5.95. The molecule has 0 aliphatic rings. The first kappa shape index (κ1) is 17.7. The summed E-state index contributed by atoms with van der Waals surface area (Å²) in [5.41, 5.74) is 2.77. The number of hydrogen-bond acceptors (Lipinski definition) is 4. The van der Waals surface area contributed by atoms with Crippen LogP contribution in [-0.2, 0) is 9.59 Å². The summed E-state index contributed by atoms with van der Waals surface area (Å²) in [5, 5.41) is 8.47. The Kier molecular flexibility index (Phi) is 6.14. The average Bonchev–Trinajstić information content (AvgIpc) is 3.09. The second kappa shape index (κ2) is 8.31. The fourth-order valence-corrected chi connectivity index (χ4v) is 2.32. The van der Waals surface area contributed by atoms with E-state index in [-0.39, 0.29) is 30.9 Å². The molecular formula is C18H23N3O3. The van der Waals surface area contributed by atoms with E-state index in [4.69, 9.17) is 4.42 Å². The second-order valence-electron chi connectivity index (χ2n) is 5.71. The average molecular weight is 329 g/mol. The van der Waals surface area contributed by atoms with Crippen LogP contribution in [0, 0.1) is 13.8 Å². The van der Waals surface area contributed by atoms with E-state index in [1.54, 1.807) is 12.3 Å². The molecule has 0 aliphatic heterocycles. The monoisotopic (exact) mass is 329 g/mol. The standard InChI is InChI=1S/C18H23N3O3/c1-12-6-4-7-13(2)18(12)21-17(23)11-20-16(22)10-19-14(3)15-8-5-9-24-15/h4-9,14,19H,10-11H2,1-3H3,(H,20,22)(H,21,23)/t14-/m1/s1. The van der Waals surface area contributed by atoms with Crippen molar-refractivity contribution >= 4 is 17.5 Å². The van der Waals surface area contributed by atoms with Gasteiger partial charge < -0.3 is 15.1 Å². The molecule has 0 saturated carbocycles. The maximum absolute atomic E-state index is 12.0. The van der Waals surface area contributed by atoms with Crippen LogP contribution in [0.25, 0.3) is 0 Å². The van der Waals surface area contributed by atoms with E-state index in [0.717, 1.165) is 22.6 Å². The molecule has 0 radical (unpaired) electrons. The Labute approximate surface area is 141 Å². The lowest BCUT2D eigenvalue weighted by atomic mass is 10.1. The van der Waals surface area contributed by atoms with E-state index in [1.165, 1.54) is 0 Å². The third-order valence-corrected chi connectivity index (χ3v) is 3.73. The summed E-state index contributed by atoms with van der Waals surface area (Å²) in [6, 6.07) is 9.36. The number of rotatable bonds is 7. The number of amides is 2.